The van der Waals surface area contributed by atoms with Gasteiger partial charge < -0.3 is 19.7 Å². The molecule has 0 bridgehead atoms. The summed E-state index contributed by atoms with van der Waals surface area (Å²) in [5.74, 6) is 1.05. The van der Waals surface area contributed by atoms with Crippen molar-refractivity contribution in [3.05, 3.63) is 59.1 Å². The van der Waals surface area contributed by atoms with Crippen LogP contribution in [0, 0.1) is 5.92 Å². The molecule has 6 nitrogen and oxygen atoms in total. The van der Waals surface area contributed by atoms with Crippen LogP contribution in [0.3, 0.4) is 0 Å². The molecule has 0 saturated heterocycles. The molecule has 0 fully saturated rings. The predicted molar refractivity (Wildman–Crippen MR) is 118 cm³/mol. The van der Waals surface area contributed by atoms with Crippen molar-refractivity contribution in [2.24, 2.45) is 5.92 Å². The second kappa shape index (κ2) is 11.5. The molecule has 7 heteroatoms. The first kappa shape index (κ1) is 23.5. The van der Waals surface area contributed by atoms with E-state index in [1.54, 1.807) is 38.3 Å². The molecule has 162 valence electrons. The highest BCUT2D eigenvalue weighted by molar-refractivity contribution is 6.30. The summed E-state index contributed by atoms with van der Waals surface area (Å²) < 4.78 is 10.8. The molecule has 0 aliphatic rings. The van der Waals surface area contributed by atoms with Gasteiger partial charge in [-0.05, 0) is 48.7 Å². The maximum Gasteiger partial charge on any atom is 0.261 e. The summed E-state index contributed by atoms with van der Waals surface area (Å²) in [6.07, 6.45) is 0. The van der Waals surface area contributed by atoms with Crippen molar-refractivity contribution < 1.29 is 19.1 Å². The van der Waals surface area contributed by atoms with E-state index < -0.39 is 6.04 Å². The average Bonchev–Trinajstić information content (AvgIpc) is 2.74. The van der Waals surface area contributed by atoms with E-state index in [-0.39, 0.29) is 25.0 Å². The van der Waals surface area contributed by atoms with Crippen LogP contribution in [-0.2, 0) is 16.1 Å². The van der Waals surface area contributed by atoms with Gasteiger partial charge in [-0.2, -0.15) is 0 Å². The van der Waals surface area contributed by atoms with Crippen LogP contribution in [-0.4, -0.2) is 43.0 Å². The normalized spacial score (nSPS) is 11.7. The lowest BCUT2D eigenvalue weighted by atomic mass is 10.1. The van der Waals surface area contributed by atoms with E-state index in [4.69, 9.17) is 21.1 Å². The highest BCUT2D eigenvalue weighted by atomic mass is 35.5. The molecule has 0 aliphatic heterocycles. The van der Waals surface area contributed by atoms with E-state index in [9.17, 15) is 9.59 Å². The van der Waals surface area contributed by atoms with Crippen molar-refractivity contribution in [1.29, 1.82) is 0 Å². The topological polar surface area (TPSA) is 67.9 Å². The zero-order valence-electron chi connectivity index (χ0n) is 17.9. The molecule has 0 saturated carbocycles. The van der Waals surface area contributed by atoms with E-state index in [2.05, 4.69) is 5.32 Å². The van der Waals surface area contributed by atoms with Crippen LogP contribution in [0.2, 0.25) is 5.02 Å². The molecule has 0 radical (unpaired) electrons. The van der Waals surface area contributed by atoms with Crippen LogP contribution in [0.25, 0.3) is 0 Å². The van der Waals surface area contributed by atoms with Crippen LogP contribution < -0.4 is 14.8 Å². The van der Waals surface area contributed by atoms with Crippen molar-refractivity contribution in [3.63, 3.8) is 0 Å². The Hall–Kier alpha value is -2.73. The first-order chi connectivity index (χ1) is 14.3. The number of hydrogen-bond donors (Lipinski definition) is 1. The van der Waals surface area contributed by atoms with Gasteiger partial charge in [0.1, 0.15) is 17.5 Å². The monoisotopic (exact) mass is 432 g/mol. The van der Waals surface area contributed by atoms with Crippen LogP contribution in [0.5, 0.6) is 11.5 Å². The minimum Gasteiger partial charge on any atom is -0.497 e. The van der Waals surface area contributed by atoms with Gasteiger partial charge in [-0.15, -0.1) is 0 Å². The SMILES string of the molecule is COc1ccc(CN(C(=O)COc2cccc(Cl)c2)[C@H](C)C(=O)NCC(C)C)cc1. The first-order valence-electron chi connectivity index (χ1n) is 9.88. The number of amides is 2. The van der Waals surface area contributed by atoms with E-state index in [1.807, 2.05) is 38.1 Å². The molecule has 0 spiro atoms. The maximum absolute atomic E-state index is 13.0. The Labute approximate surface area is 183 Å². The number of benzene rings is 2. The van der Waals surface area contributed by atoms with Gasteiger partial charge in [0, 0.05) is 18.1 Å². The van der Waals surface area contributed by atoms with Crippen molar-refractivity contribution in [2.45, 2.75) is 33.4 Å². The van der Waals surface area contributed by atoms with Crippen LogP contribution in [0.1, 0.15) is 26.3 Å². The summed E-state index contributed by atoms with van der Waals surface area (Å²) in [7, 11) is 1.60. The number of nitrogens with zero attached hydrogens (tertiary/aromatic N) is 1. The highest BCUT2D eigenvalue weighted by Crippen LogP contribution is 2.18. The van der Waals surface area contributed by atoms with Gasteiger partial charge in [0.15, 0.2) is 6.61 Å². The second-order valence-electron chi connectivity index (χ2n) is 7.43. The van der Waals surface area contributed by atoms with Gasteiger partial charge in [0.2, 0.25) is 5.91 Å². The van der Waals surface area contributed by atoms with Crippen molar-refractivity contribution in [1.82, 2.24) is 10.2 Å². The van der Waals surface area contributed by atoms with E-state index >= 15 is 0 Å². The van der Waals surface area contributed by atoms with Gasteiger partial charge in [0.25, 0.3) is 5.91 Å². The Morgan fingerprint density at radius 1 is 1.07 bits per heavy atom. The Bertz CT molecular complexity index is 839. The lowest BCUT2D eigenvalue weighted by molar-refractivity contribution is -0.142. The smallest absolute Gasteiger partial charge is 0.261 e. The van der Waals surface area contributed by atoms with Gasteiger partial charge in [-0.3, -0.25) is 9.59 Å². The second-order valence-corrected chi connectivity index (χ2v) is 7.87. The van der Waals surface area contributed by atoms with Gasteiger partial charge in [-0.1, -0.05) is 43.6 Å². The molecule has 0 heterocycles. The lowest BCUT2D eigenvalue weighted by Crippen LogP contribution is -2.49. The Morgan fingerprint density at radius 3 is 2.37 bits per heavy atom. The maximum atomic E-state index is 13.0. The molecular formula is C23H29ClN2O4. The third kappa shape index (κ3) is 7.26. The molecule has 30 heavy (non-hydrogen) atoms. The quantitative estimate of drug-likeness (QED) is 0.618. The number of nitrogens with one attached hydrogen (secondary N) is 1. The largest absolute Gasteiger partial charge is 0.497 e. The Balaban J connectivity index is 2.13. The summed E-state index contributed by atoms with van der Waals surface area (Å²) in [5, 5.41) is 3.42. The minimum absolute atomic E-state index is 0.196. The number of ether oxygens (including phenoxy) is 2. The molecule has 2 amide bonds. The molecular weight excluding hydrogens is 404 g/mol. The van der Waals surface area contributed by atoms with Crippen LogP contribution >= 0.6 is 11.6 Å². The highest BCUT2D eigenvalue weighted by Gasteiger charge is 2.26. The number of halogens is 1. The molecule has 0 unspecified atom stereocenters. The Morgan fingerprint density at radius 2 is 1.77 bits per heavy atom. The van der Waals surface area contributed by atoms with E-state index in [1.165, 1.54) is 4.90 Å². The summed E-state index contributed by atoms with van der Waals surface area (Å²) >= 11 is 5.97. The molecule has 1 atom stereocenters. The lowest BCUT2D eigenvalue weighted by Gasteiger charge is -2.29. The fraction of sp³-hybridized carbons (Fsp3) is 0.391. The first-order valence-corrected chi connectivity index (χ1v) is 10.3. The van der Waals surface area contributed by atoms with Crippen molar-refractivity contribution >= 4 is 23.4 Å². The average molecular weight is 433 g/mol. The van der Waals surface area contributed by atoms with E-state index in [0.29, 0.717) is 23.2 Å². The number of carbonyl (C=O) groups is 2. The number of hydrogen-bond acceptors (Lipinski definition) is 4. The van der Waals surface area contributed by atoms with Gasteiger partial charge in [-0.25, -0.2) is 0 Å². The predicted octanol–water partition coefficient (Wildman–Crippen LogP) is 3.92. The number of methoxy groups -OCH3 is 1. The summed E-state index contributed by atoms with van der Waals surface area (Å²) in [5.41, 5.74) is 0.885. The van der Waals surface area contributed by atoms with Crippen molar-refractivity contribution in [3.8, 4) is 11.5 Å². The molecule has 2 aromatic carbocycles. The summed E-state index contributed by atoms with van der Waals surface area (Å²) in [4.78, 5) is 27.1. The fourth-order valence-electron chi connectivity index (χ4n) is 2.75. The standard InChI is InChI=1S/C23H29ClN2O4/c1-16(2)13-25-23(28)17(3)26(14-18-8-10-20(29-4)11-9-18)22(27)15-30-21-7-5-6-19(24)12-21/h5-12,16-17H,13-15H2,1-4H3,(H,25,28)/t17-/m1/s1. The minimum atomic E-state index is -0.652. The molecule has 1 N–H and O–H groups in total. The molecule has 0 aromatic heterocycles. The number of rotatable bonds is 10. The van der Waals surface area contributed by atoms with Crippen molar-refractivity contribution in [2.75, 3.05) is 20.3 Å². The molecule has 2 aromatic rings. The third-order valence-corrected chi connectivity index (χ3v) is 4.76. The third-order valence-electron chi connectivity index (χ3n) is 4.52. The summed E-state index contributed by atoms with van der Waals surface area (Å²) in [6.45, 7) is 6.38. The molecule has 2 rings (SSSR count). The van der Waals surface area contributed by atoms with Crippen LogP contribution in [0.4, 0.5) is 0 Å². The fourth-order valence-corrected chi connectivity index (χ4v) is 2.93. The zero-order chi connectivity index (χ0) is 22.1. The van der Waals surface area contributed by atoms with Crippen LogP contribution in [0.15, 0.2) is 48.5 Å². The van der Waals surface area contributed by atoms with E-state index in [0.717, 1.165) is 11.3 Å². The summed E-state index contributed by atoms with van der Waals surface area (Å²) in [6, 6.07) is 13.6. The number of carbonyl (C=O) groups excluding carboxylic acids is 2. The molecule has 0 aliphatic carbocycles. The van der Waals surface area contributed by atoms with Gasteiger partial charge >= 0.3 is 0 Å². The Kier molecular flexibility index (Phi) is 8.99. The zero-order valence-corrected chi connectivity index (χ0v) is 18.6. The van der Waals surface area contributed by atoms with Gasteiger partial charge in [0.05, 0.1) is 7.11 Å².